The second-order valence-corrected chi connectivity index (χ2v) is 6.68. The number of carbonyl (C=O) groups excluding carboxylic acids is 2. The maximum absolute atomic E-state index is 12.4. The highest BCUT2D eigenvalue weighted by Gasteiger charge is 2.30. The smallest absolute Gasteiger partial charge is 0.342 e. The van der Waals surface area contributed by atoms with Crippen molar-refractivity contribution in [3.05, 3.63) is 60.6 Å². The number of aromatic nitrogens is 3. The molecule has 1 aliphatic carbocycles. The van der Waals surface area contributed by atoms with Gasteiger partial charge in [-0.05, 0) is 31.0 Å². The Morgan fingerprint density at radius 1 is 1.31 bits per heavy atom. The number of hydrogen-bond donors (Lipinski definition) is 3. The first-order valence-electron chi connectivity index (χ1n) is 9.11. The number of phenolic OH excluding ortho intramolecular Hbond substituents is 1. The van der Waals surface area contributed by atoms with Gasteiger partial charge in [-0.2, -0.15) is 9.78 Å². The molecule has 0 atom stereocenters. The molecule has 0 unspecified atom stereocenters. The van der Waals surface area contributed by atoms with E-state index in [0.717, 1.165) is 18.5 Å². The molecular weight excluding hydrogens is 374 g/mol. The molecule has 29 heavy (non-hydrogen) atoms. The summed E-state index contributed by atoms with van der Waals surface area (Å²) < 4.78 is 6.15. The number of rotatable bonds is 6. The van der Waals surface area contributed by atoms with Crippen LogP contribution in [-0.4, -0.2) is 38.5 Å². The van der Waals surface area contributed by atoms with Crippen LogP contribution in [0.2, 0.25) is 0 Å². The third-order valence-electron chi connectivity index (χ3n) is 4.52. The van der Waals surface area contributed by atoms with E-state index in [1.165, 1.54) is 23.0 Å². The average molecular weight is 393 g/mol. The van der Waals surface area contributed by atoms with Gasteiger partial charge in [0.05, 0.1) is 17.6 Å². The van der Waals surface area contributed by atoms with Crippen LogP contribution >= 0.6 is 0 Å². The van der Waals surface area contributed by atoms with Gasteiger partial charge in [0.2, 0.25) is 5.76 Å². The third kappa shape index (κ3) is 3.88. The maximum Gasteiger partial charge on any atom is 0.342 e. The second kappa shape index (κ2) is 7.63. The van der Waals surface area contributed by atoms with Crippen molar-refractivity contribution in [2.75, 3.05) is 11.9 Å². The van der Waals surface area contributed by atoms with Crippen LogP contribution in [0.25, 0.3) is 11.3 Å². The second-order valence-electron chi connectivity index (χ2n) is 6.68. The van der Waals surface area contributed by atoms with Crippen molar-refractivity contribution in [2.24, 2.45) is 0 Å². The zero-order valence-electron chi connectivity index (χ0n) is 15.5. The molecule has 0 bridgehead atoms. The summed E-state index contributed by atoms with van der Waals surface area (Å²) in [5.74, 6) is -0.201. The van der Waals surface area contributed by atoms with Crippen LogP contribution < -0.4 is 10.6 Å². The molecule has 1 saturated carbocycles. The Balaban J connectivity index is 1.59. The molecule has 3 aromatic rings. The van der Waals surface area contributed by atoms with Gasteiger partial charge in [-0.25, -0.2) is 4.79 Å². The number of nitrogens with zero attached hydrogens (tertiary/aromatic N) is 3. The van der Waals surface area contributed by atoms with Gasteiger partial charge in [0.1, 0.15) is 5.75 Å². The Morgan fingerprint density at radius 2 is 2.14 bits per heavy atom. The van der Waals surface area contributed by atoms with Crippen LogP contribution in [0.1, 0.15) is 35.0 Å². The Kier molecular flexibility index (Phi) is 4.86. The summed E-state index contributed by atoms with van der Waals surface area (Å²) >= 11 is 0. The first-order chi connectivity index (χ1) is 14.1. The fourth-order valence-corrected chi connectivity index (χ4v) is 2.95. The Bertz CT molecular complexity index is 1070. The lowest BCUT2D eigenvalue weighted by Crippen LogP contribution is -2.30. The fourth-order valence-electron chi connectivity index (χ4n) is 2.95. The molecule has 148 valence electrons. The summed E-state index contributed by atoms with van der Waals surface area (Å²) in [6.07, 6.45) is 4.96. The van der Waals surface area contributed by atoms with Gasteiger partial charge in [0.25, 0.3) is 5.91 Å². The number of nitrogens with one attached hydrogen (secondary N) is 2. The summed E-state index contributed by atoms with van der Waals surface area (Å²) in [7, 11) is 0. The summed E-state index contributed by atoms with van der Waals surface area (Å²) in [5.41, 5.74) is 2.13. The van der Waals surface area contributed by atoms with E-state index >= 15 is 0 Å². The van der Waals surface area contributed by atoms with E-state index in [1.54, 1.807) is 18.2 Å². The molecule has 1 aromatic carbocycles. The minimum Gasteiger partial charge on any atom is -0.507 e. The molecule has 1 fully saturated rings. The van der Waals surface area contributed by atoms with E-state index in [9.17, 15) is 14.7 Å². The van der Waals surface area contributed by atoms with Gasteiger partial charge in [-0.15, -0.1) is 6.58 Å². The molecule has 0 radical (unpaired) electrons. The number of aromatic hydroxyl groups is 1. The first-order valence-corrected chi connectivity index (χ1v) is 9.11. The number of amides is 2. The summed E-state index contributed by atoms with van der Waals surface area (Å²) in [5, 5.41) is 23.7. The van der Waals surface area contributed by atoms with Crippen LogP contribution in [0.4, 0.5) is 10.5 Å². The van der Waals surface area contributed by atoms with Crippen molar-refractivity contribution >= 4 is 17.6 Å². The fraction of sp³-hybridized carbons (Fsp3) is 0.200. The molecule has 2 heterocycles. The molecule has 0 spiro atoms. The van der Waals surface area contributed by atoms with E-state index in [1.807, 2.05) is 6.07 Å². The highest BCUT2D eigenvalue weighted by Crippen LogP contribution is 2.42. The molecule has 9 heteroatoms. The Labute approximate surface area is 166 Å². The molecule has 1 aliphatic rings. The van der Waals surface area contributed by atoms with E-state index in [0.29, 0.717) is 23.5 Å². The highest BCUT2D eigenvalue weighted by atomic mass is 16.5. The van der Waals surface area contributed by atoms with Crippen molar-refractivity contribution in [3.63, 3.8) is 0 Å². The molecular formula is C20H19N5O4. The maximum atomic E-state index is 12.4. The van der Waals surface area contributed by atoms with E-state index < -0.39 is 5.91 Å². The zero-order chi connectivity index (χ0) is 20.4. The standard InChI is InChI=1S/C20H19N5O4/c1-2-8-21-20(28)25-16(12-3-4-12)11-15(24-25)14-6-5-13(10-17(14)26)23-19(27)18-7-9-22-29-18/h2,5-7,9-12,26H,1,3-4,8H2,(H,21,28)(H,23,27). The van der Waals surface area contributed by atoms with Gasteiger partial charge in [0, 0.05) is 35.8 Å². The van der Waals surface area contributed by atoms with Crippen molar-refractivity contribution < 1.29 is 19.2 Å². The van der Waals surface area contributed by atoms with Crippen molar-refractivity contribution in [1.82, 2.24) is 20.3 Å². The Morgan fingerprint density at radius 3 is 2.79 bits per heavy atom. The summed E-state index contributed by atoms with van der Waals surface area (Å²) in [4.78, 5) is 24.4. The quantitative estimate of drug-likeness (QED) is 0.553. The lowest BCUT2D eigenvalue weighted by atomic mass is 10.1. The van der Waals surface area contributed by atoms with Crippen LogP contribution in [0, 0.1) is 0 Å². The van der Waals surface area contributed by atoms with E-state index in [4.69, 9.17) is 4.52 Å². The van der Waals surface area contributed by atoms with Crippen molar-refractivity contribution in [3.8, 4) is 17.0 Å². The van der Waals surface area contributed by atoms with E-state index in [-0.39, 0.29) is 23.5 Å². The zero-order valence-corrected chi connectivity index (χ0v) is 15.5. The third-order valence-corrected chi connectivity index (χ3v) is 4.52. The van der Waals surface area contributed by atoms with Gasteiger partial charge in [-0.1, -0.05) is 11.2 Å². The summed E-state index contributed by atoms with van der Waals surface area (Å²) in [6.45, 7) is 3.93. The molecule has 0 saturated heterocycles. The van der Waals surface area contributed by atoms with Crippen LogP contribution in [0.15, 0.2) is 53.7 Å². The van der Waals surface area contributed by atoms with Crippen LogP contribution in [0.5, 0.6) is 5.75 Å². The van der Waals surface area contributed by atoms with Crippen molar-refractivity contribution in [2.45, 2.75) is 18.8 Å². The summed E-state index contributed by atoms with van der Waals surface area (Å²) in [6, 6.07) is 7.60. The van der Waals surface area contributed by atoms with Gasteiger partial charge >= 0.3 is 6.03 Å². The number of phenols is 1. The number of anilines is 1. The van der Waals surface area contributed by atoms with Crippen LogP contribution in [0.3, 0.4) is 0 Å². The van der Waals surface area contributed by atoms with Gasteiger partial charge in [-0.3, -0.25) is 4.79 Å². The molecule has 2 amide bonds. The monoisotopic (exact) mass is 393 g/mol. The van der Waals surface area contributed by atoms with Gasteiger partial charge < -0.3 is 20.3 Å². The molecule has 4 rings (SSSR count). The lowest BCUT2D eigenvalue weighted by Gasteiger charge is -2.07. The normalized spacial score (nSPS) is 13.1. The van der Waals surface area contributed by atoms with Crippen LogP contribution in [-0.2, 0) is 0 Å². The number of hydrogen-bond acceptors (Lipinski definition) is 6. The SMILES string of the molecule is C=CCNC(=O)n1nc(-c2ccc(NC(=O)c3ccno3)cc2O)cc1C1CC1. The predicted molar refractivity (Wildman–Crippen MR) is 105 cm³/mol. The molecule has 3 N–H and O–H groups in total. The molecule has 9 nitrogen and oxygen atoms in total. The topological polar surface area (TPSA) is 122 Å². The number of benzene rings is 1. The average Bonchev–Trinajstić information content (AvgIpc) is 3.22. The Hall–Kier alpha value is -3.88. The highest BCUT2D eigenvalue weighted by molar-refractivity contribution is 6.02. The predicted octanol–water partition coefficient (Wildman–Crippen LogP) is 3.12. The largest absolute Gasteiger partial charge is 0.507 e. The lowest BCUT2D eigenvalue weighted by molar-refractivity contribution is 0.0988. The first kappa shape index (κ1) is 18.5. The van der Waals surface area contributed by atoms with Crippen molar-refractivity contribution in [1.29, 1.82) is 0 Å². The number of carbonyl (C=O) groups is 2. The molecule has 0 aliphatic heterocycles. The van der Waals surface area contributed by atoms with E-state index in [2.05, 4.69) is 27.5 Å². The van der Waals surface area contributed by atoms with Gasteiger partial charge in [0.15, 0.2) is 0 Å². The minimum atomic E-state index is -0.478. The minimum absolute atomic E-state index is 0.0620. The molecule has 2 aromatic heterocycles.